The molecule has 2 fully saturated rings. The van der Waals surface area contributed by atoms with E-state index in [0.29, 0.717) is 13.1 Å². The van der Waals surface area contributed by atoms with E-state index in [4.69, 9.17) is 28.0 Å². The van der Waals surface area contributed by atoms with Gasteiger partial charge < -0.3 is 14.8 Å². The number of benzene rings is 2. The van der Waals surface area contributed by atoms with Gasteiger partial charge >= 0.3 is 6.18 Å². The van der Waals surface area contributed by atoms with Gasteiger partial charge in [-0.25, -0.2) is 8.78 Å². The molecule has 198 valence electrons. The van der Waals surface area contributed by atoms with E-state index in [2.05, 4.69) is 5.16 Å². The molecule has 2 aromatic carbocycles. The summed E-state index contributed by atoms with van der Waals surface area (Å²) in [7, 11) is 0. The lowest BCUT2D eigenvalue weighted by Crippen LogP contribution is -2.62. The van der Waals surface area contributed by atoms with Crippen LogP contribution >= 0.6 is 23.2 Å². The molecule has 1 unspecified atom stereocenters. The van der Waals surface area contributed by atoms with Gasteiger partial charge in [-0.05, 0) is 23.3 Å². The van der Waals surface area contributed by atoms with Crippen LogP contribution in [0.1, 0.15) is 23.1 Å². The zero-order valence-electron chi connectivity index (χ0n) is 19.0. The molecule has 3 heterocycles. The fraction of sp³-hybridized carbons (Fsp3) is 0.417. The predicted octanol–water partition coefficient (Wildman–Crippen LogP) is 4.40. The molecule has 0 aromatic heterocycles. The molecule has 0 bridgehead atoms. The Balaban J connectivity index is 1.28. The average Bonchev–Trinajstić information content (AvgIpc) is 3.26. The fourth-order valence-electron chi connectivity index (χ4n) is 4.69. The number of aliphatic hydroxyl groups is 1. The highest BCUT2D eigenvalue weighted by Crippen LogP contribution is 2.50. The number of carbonyl (C=O) groups excluding carboxylic acids is 1. The number of β-amino-alcohol motifs (C(OH)–C–C–N with tert-alkyl or cyclic N) is 1. The Bertz CT molecular complexity index is 1240. The van der Waals surface area contributed by atoms with Crippen molar-refractivity contribution in [3.05, 3.63) is 69.0 Å². The van der Waals surface area contributed by atoms with Crippen molar-refractivity contribution in [2.75, 3.05) is 32.7 Å². The number of nitrogens with zero attached hydrogens (tertiary/aromatic N) is 3. The Labute approximate surface area is 218 Å². The highest BCUT2D eigenvalue weighted by molar-refractivity contribution is 6.35. The minimum absolute atomic E-state index is 0.0458. The number of carbonyl (C=O) groups is 1. The van der Waals surface area contributed by atoms with Crippen LogP contribution in [0.5, 0.6) is 0 Å². The lowest BCUT2D eigenvalue weighted by atomic mass is 9.84. The van der Waals surface area contributed by atoms with Crippen LogP contribution < -0.4 is 0 Å². The first-order valence-electron chi connectivity index (χ1n) is 11.3. The second-order valence-electron chi connectivity index (χ2n) is 9.53. The van der Waals surface area contributed by atoms with Gasteiger partial charge in [0.2, 0.25) is 5.91 Å². The Hall–Kier alpha value is -2.47. The summed E-state index contributed by atoms with van der Waals surface area (Å²) in [6.45, 7) is 0.639. The van der Waals surface area contributed by atoms with Crippen LogP contribution in [0.4, 0.5) is 22.0 Å². The van der Waals surface area contributed by atoms with Crippen molar-refractivity contribution >= 4 is 34.8 Å². The molecule has 5 rings (SSSR count). The van der Waals surface area contributed by atoms with Crippen LogP contribution in [0.3, 0.4) is 0 Å². The molecular formula is C24H20Cl2F5N3O3. The van der Waals surface area contributed by atoms with Crippen LogP contribution in [-0.4, -0.2) is 71.5 Å². The van der Waals surface area contributed by atoms with E-state index in [1.165, 1.54) is 29.2 Å². The van der Waals surface area contributed by atoms with E-state index in [1.54, 1.807) is 4.90 Å². The second-order valence-corrected chi connectivity index (χ2v) is 10.3. The molecule has 0 aliphatic carbocycles. The van der Waals surface area contributed by atoms with Crippen LogP contribution in [0.25, 0.3) is 0 Å². The summed E-state index contributed by atoms with van der Waals surface area (Å²) in [5.41, 5.74) is -4.70. The SMILES string of the molecule is O=C(CN1CC(O)C1)N1CC(F)(c2ccc(C3=NOC(c4cc(Cl)c(F)c(Cl)c4)(C(F)(F)F)C3)cc2)C1. The Kier molecular flexibility index (Phi) is 6.41. The van der Waals surface area contributed by atoms with E-state index in [1.807, 2.05) is 0 Å². The van der Waals surface area contributed by atoms with Crippen molar-refractivity contribution in [3.63, 3.8) is 0 Å². The first-order valence-corrected chi connectivity index (χ1v) is 12.0. The van der Waals surface area contributed by atoms with Crippen LogP contribution in [-0.2, 0) is 20.9 Å². The zero-order valence-corrected chi connectivity index (χ0v) is 20.5. The molecule has 6 nitrogen and oxygen atoms in total. The lowest BCUT2D eigenvalue weighted by Gasteiger charge is -2.46. The summed E-state index contributed by atoms with van der Waals surface area (Å²) >= 11 is 11.4. The van der Waals surface area contributed by atoms with E-state index in [9.17, 15) is 27.5 Å². The maximum atomic E-state index is 15.4. The summed E-state index contributed by atoms with van der Waals surface area (Å²) in [6, 6.07) is 7.34. The van der Waals surface area contributed by atoms with Crippen LogP contribution in [0, 0.1) is 5.82 Å². The molecule has 37 heavy (non-hydrogen) atoms. The smallest absolute Gasteiger partial charge is 0.390 e. The van der Waals surface area contributed by atoms with Crippen molar-refractivity contribution in [3.8, 4) is 0 Å². The molecule has 1 amide bonds. The van der Waals surface area contributed by atoms with Gasteiger partial charge in [0.15, 0.2) is 11.5 Å². The van der Waals surface area contributed by atoms with Crippen molar-refractivity contribution in [2.45, 2.75) is 30.0 Å². The number of rotatable bonds is 5. The topological polar surface area (TPSA) is 65.4 Å². The second kappa shape index (κ2) is 9.07. The number of amides is 1. The average molecular weight is 564 g/mol. The van der Waals surface area contributed by atoms with E-state index >= 15 is 4.39 Å². The third-order valence-corrected chi connectivity index (χ3v) is 7.45. The van der Waals surface area contributed by atoms with Crippen molar-refractivity contribution in [1.82, 2.24) is 9.80 Å². The first-order chi connectivity index (χ1) is 17.3. The number of hydrogen-bond acceptors (Lipinski definition) is 5. The Morgan fingerprint density at radius 3 is 2.24 bits per heavy atom. The minimum Gasteiger partial charge on any atom is -0.390 e. The van der Waals surface area contributed by atoms with Gasteiger partial charge in [0.25, 0.3) is 5.60 Å². The quantitative estimate of drug-likeness (QED) is 0.432. The molecule has 1 N–H and O–H groups in total. The summed E-state index contributed by atoms with van der Waals surface area (Å²) in [5.74, 6) is -1.28. The molecule has 3 aliphatic rings. The number of aliphatic hydroxyl groups excluding tert-OH is 1. The van der Waals surface area contributed by atoms with Gasteiger partial charge in [0, 0.05) is 25.1 Å². The van der Waals surface area contributed by atoms with Crippen LogP contribution in [0.2, 0.25) is 10.0 Å². The standard InChI is InChI=1S/C24H20Cl2F5N3O3/c25-17-5-15(6-18(26)21(17)27)23(24(29,30)31)7-19(32-37-23)13-1-3-14(4-2-13)22(28)11-34(12-22)20(36)10-33-8-16(35)9-33/h1-6,16,35H,7-12H2. The Morgan fingerprint density at radius 2 is 1.70 bits per heavy atom. The molecule has 1 atom stereocenters. The highest BCUT2D eigenvalue weighted by Gasteiger charge is 2.62. The first kappa shape index (κ1) is 26.1. The summed E-state index contributed by atoms with van der Waals surface area (Å²) in [5, 5.41) is 11.8. The van der Waals surface area contributed by atoms with Gasteiger partial charge in [0.05, 0.1) is 41.5 Å². The van der Waals surface area contributed by atoms with Crippen LogP contribution in [0.15, 0.2) is 41.6 Å². The molecule has 0 radical (unpaired) electrons. The maximum Gasteiger partial charge on any atom is 0.435 e. The van der Waals surface area contributed by atoms with Gasteiger partial charge in [-0.2, -0.15) is 13.2 Å². The molecular weight excluding hydrogens is 544 g/mol. The van der Waals surface area contributed by atoms with Gasteiger partial charge in [0.1, 0.15) is 0 Å². The highest BCUT2D eigenvalue weighted by atomic mass is 35.5. The molecule has 0 saturated carbocycles. The predicted molar refractivity (Wildman–Crippen MR) is 125 cm³/mol. The Morgan fingerprint density at radius 1 is 1.11 bits per heavy atom. The van der Waals surface area contributed by atoms with Gasteiger partial charge in [-0.15, -0.1) is 0 Å². The number of alkyl halides is 4. The molecule has 2 saturated heterocycles. The van der Waals surface area contributed by atoms with Crippen molar-refractivity contribution in [1.29, 1.82) is 0 Å². The number of oxime groups is 1. The third kappa shape index (κ3) is 4.56. The minimum atomic E-state index is -4.94. The summed E-state index contributed by atoms with van der Waals surface area (Å²) < 4.78 is 71.7. The number of halogens is 7. The fourth-order valence-corrected chi connectivity index (χ4v) is 5.18. The number of hydrogen-bond donors (Lipinski definition) is 1. The van der Waals surface area contributed by atoms with Gasteiger partial charge in [-0.3, -0.25) is 9.69 Å². The normalized spacial score (nSPS) is 23.8. The monoisotopic (exact) mass is 563 g/mol. The largest absolute Gasteiger partial charge is 0.435 e. The molecule has 0 spiro atoms. The van der Waals surface area contributed by atoms with Crippen molar-refractivity contribution in [2.24, 2.45) is 5.16 Å². The van der Waals surface area contributed by atoms with Crippen molar-refractivity contribution < 1.29 is 36.7 Å². The number of likely N-dealkylation sites (tertiary alicyclic amines) is 2. The van der Waals surface area contributed by atoms with Gasteiger partial charge in [-0.1, -0.05) is 52.6 Å². The summed E-state index contributed by atoms with van der Waals surface area (Å²) in [6.07, 6.45) is -6.12. The lowest BCUT2D eigenvalue weighted by molar-refractivity contribution is -0.275. The van der Waals surface area contributed by atoms with E-state index in [0.717, 1.165) is 12.1 Å². The maximum absolute atomic E-state index is 15.4. The molecule has 2 aromatic rings. The summed E-state index contributed by atoms with van der Waals surface area (Å²) in [4.78, 5) is 20.3. The van der Waals surface area contributed by atoms with E-state index in [-0.39, 0.29) is 42.4 Å². The third-order valence-electron chi connectivity index (χ3n) is 6.90. The van der Waals surface area contributed by atoms with E-state index < -0.39 is 51.4 Å². The zero-order chi connectivity index (χ0) is 26.8. The molecule has 3 aliphatic heterocycles. The molecule has 13 heteroatoms.